The van der Waals surface area contributed by atoms with Gasteiger partial charge in [0.2, 0.25) is 5.91 Å². The van der Waals surface area contributed by atoms with Crippen LogP contribution in [0, 0.1) is 5.92 Å². The van der Waals surface area contributed by atoms with E-state index in [1.807, 2.05) is 32.0 Å². The van der Waals surface area contributed by atoms with Crippen LogP contribution in [0.3, 0.4) is 0 Å². The Morgan fingerprint density at radius 1 is 0.774 bits per heavy atom. The topological polar surface area (TPSA) is 44.9 Å². The molecule has 1 atom stereocenters. The minimum absolute atomic E-state index is 0.0473. The SMILES string of the molecule is CC(C)C(=O)NC(c1ccccc1)c1cccc(-c2cc3ccc(C(C)C)cc3[nH]2)c1. The molecule has 0 bridgehead atoms. The molecule has 0 aliphatic carbocycles. The second-order valence-corrected chi connectivity index (χ2v) is 8.82. The number of aromatic nitrogens is 1. The van der Waals surface area contributed by atoms with E-state index < -0.39 is 0 Å². The van der Waals surface area contributed by atoms with E-state index in [1.54, 1.807) is 0 Å². The fourth-order valence-corrected chi connectivity index (χ4v) is 3.86. The Labute approximate surface area is 184 Å². The van der Waals surface area contributed by atoms with Gasteiger partial charge in [0.25, 0.3) is 0 Å². The highest BCUT2D eigenvalue weighted by molar-refractivity contribution is 5.86. The third-order valence-electron chi connectivity index (χ3n) is 5.79. The fraction of sp³-hybridized carbons (Fsp3) is 0.250. The number of benzene rings is 3. The summed E-state index contributed by atoms with van der Waals surface area (Å²) in [5.74, 6) is 0.472. The van der Waals surface area contributed by atoms with Crippen LogP contribution in [-0.2, 0) is 4.79 Å². The molecule has 1 aromatic heterocycles. The number of aromatic amines is 1. The van der Waals surface area contributed by atoms with Crippen LogP contribution < -0.4 is 5.32 Å². The number of H-pyrrole nitrogens is 1. The zero-order chi connectivity index (χ0) is 22.0. The van der Waals surface area contributed by atoms with Crippen LogP contribution in [0.2, 0.25) is 0 Å². The summed E-state index contributed by atoms with van der Waals surface area (Å²) in [5, 5.41) is 4.43. The molecule has 0 aliphatic rings. The molecule has 1 amide bonds. The van der Waals surface area contributed by atoms with Crippen molar-refractivity contribution in [1.82, 2.24) is 10.3 Å². The van der Waals surface area contributed by atoms with E-state index >= 15 is 0 Å². The van der Waals surface area contributed by atoms with Crippen molar-refractivity contribution in [1.29, 1.82) is 0 Å². The summed E-state index contributed by atoms with van der Waals surface area (Å²) < 4.78 is 0. The Hall–Kier alpha value is -3.33. The second-order valence-electron chi connectivity index (χ2n) is 8.82. The van der Waals surface area contributed by atoms with E-state index in [1.165, 1.54) is 10.9 Å². The van der Waals surface area contributed by atoms with Crippen molar-refractivity contribution in [3.63, 3.8) is 0 Å². The van der Waals surface area contributed by atoms with Gasteiger partial charge >= 0.3 is 0 Å². The van der Waals surface area contributed by atoms with Crippen LogP contribution in [-0.4, -0.2) is 10.9 Å². The van der Waals surface area contributed by atoms with Crippen molar-refractivity contribution in [2.24, 2.45) is 5.92 Å². The summed E-state index contributed by atoms with van der Waals surface area (Å²) >= 11 is 0. The summed E-state index contributed by atoms with van der Waals surface area (Å²) in [6.45, 7) is 8.26. The van der Waals surface area contributed by atoms with Crippen molar-refractivity contribution in [2.75, 3.05) is 0 Å². The number of nitrogens with one attached hydrogen (secondary N) is 2. The Kier molecular flexibility index (Phi) is 5.94. The van der Waals surface area contributed by atoms with Gasteiger partial charge in [-0.3, -0.25) is 4.79 Å². The highest BCUT2D eigenvalue weighted by Gasteiger charge is 2.19. The maximum atomic E-state index is 12.5. The van der Waals surface area contributed by atoms with Gasteiger partial charge in [0.1, 0.15) is 0 Å². The van der Waals surface area contributed by atoms with Crippen molar-refractivity contribution >= 4 is 16.8 Å². The van der Waals surface area contributed by atoms with Gasteiger partial charge in [-0.1, -0.05) is 88.4 Å². The molecule has 0 saturated heterocycles. The number of fused-ring (bicyclic) bond motifs is 1. The predicted octanol–water partition coefficient (Wildman–Crippen LogP) is 6.82. The lowest BCUT2D eigenvalue weighted by Crippen LogP contribution is -2.32. The minimum atomic E-state index is -0.187. The van der Waals surface area contributed by atoms with Crippen LogP contribution in [0.1, 0.15) is 56.3 Å². The summed E-state index contributed by atoms with van der Waals surface area (Å²) in [6, 6.07) is 27.2. The Balaban J connectivity index is 1.73. The predicted molar refractivity (Wildman–Crippen MR) is 129 cm³/mol. The van der Waals surface area contributed by atoms with Crippen molar-refractivity contribution in [3.05, 3.63) is 95.6 Å². The Bertz CT molecular complexity index is 1190. The molecule has 3 aromatic carbocycles. The number of rotatable bonds is 6. The molecular weight excluding hydrogens is 380 g/mol. The first kappa shape index (κ1) is 20.9. The lowest BCUT2D eigenvalue weighted by Gasteiger charge is -2.21. The molecule has 4 rings (SSSR count). The van der Waals surface area contributed by atoms with E-state index in [2.05, 4.69) is 84.8 Å². The molecule has 4 aromatic rings. The number of carbonyl (C=O) groups excluding carboxylic acids is 1. The second kappa shape index (κ2) is 8.81. The lowest BCUT2D eigenvalue weighted by molar-refractivity contribution is -0.124. The maximum Gasteiger partial charge on any atom is 0.223 e. The van der Waals surface area contributed by atoms with E-state index in [9.17, 15) is 4.79 Å². The highest BCUT2D eigenvalue weighted by atomic mass is 16.1. The third kappa shape index (κ3) is 4.56. The van der Waals surface area contributed by atoms with Gasteiger partial charge < -0.3 is 10.3 Å². The molecule has 3 heteroatoms. The number of hydrogen-bond acceptors (Lipinski definition) is 1. The van der Waals surface area contributed by atoms with Crippen LogP contribution in [0.5, 0.6) is 0 Å². The lowest BCUT2D eigenvalue weighted by atomic mass is 9.95. The van der Waals surface area contributed by atoms with Crippen LogP contribution in [0.15, 0.2) is 78.9 Å². The highest BCUT2D eigenvalue weighted by Crippen LogP contribution is 2.30. The molecule has 2 N–H and O–H groups in total. The molecule has 0 aliphatic heterocycles. The first-order valence-corrected chi connectivity index (χ1v) is 11.0. The van der Waals surface area contributed by atoms with E-state index in [0.717, 1.165) is 27.9 Å². The minimum Gasteiger partial charge on any atom is -0.355 e. The summed E-state index contributed by atoms with van der Waals surface area (Å²) in [7, 11) is 0. The Morgan fingerprint density at radius 2 is 1.52 bits per heavy atom. The van der Waals surface area contributed by atoms with Crippen molar-refractivity contribution < 1.29 is 4.79 Å². The molecule has 1 heterocycles. The van der Waals surface area contributed by atoms with Gasteiger partial charge in [0.05, 0.1) is 6.04 Å². The molecule has 0 radical (unpaired) electrons. The normalized spacial score (nSPS) is 12.5. The van der Waals surface area contributed by atoms with Crippen molar-refractivity contribution in [2.45, 2.75) is 39.7 Å². The van der Waals surface area contributed by atoms with Gasteiger partial charge in [-0.05, 0) is 46.4 Å². The van der Waals surface area contributed by atoms with Gasteiger partial charge in [-0.25, -0.2) is 0 Å². The maximum absolute atomic E-state index is 12.5. The summed E-state index contributed by atoms with van der Waals surface area (Å²) in [4.78, 5) is 16.1. The molecule has 158 valence electrons. The first-order valence-electron chi connectivity index (χ1n) is 11.0. The average molecular weight is 411 g/mol. The van der Waals surface area contributed by atoms with Gasteiger partial charge in [-0.2, -0.15) is 0 Å². The Morgan fingerprint density at radius 3 is 2.23 bits per heavy atom. The molecule has 0 spiro atoms. The molecular formula is C28H30N2O. The first-order chi connectivity index (χ1) is 14.9. The third-order valence-corrected chi connectivity index (χ3v) is 5.79. The molecule has 1 unspecified atom stereocenters. The van der Waals surface area contributed by atoms with Gasteiger partial charge in [0.15, 0.2) is 0 Å². The fourth-order valence-electron chi connectivity index (χ4n) is 3.86. The standard InChI is InChI=1S/C28H30N2O/c1-18(2)21-13-14-23-17-26(29-25(23)16-21)22-11-8-12-24(15-22)27(30-28(31)19(3)4)20-9-6-5-7-10-20/h5-19,27,29H,1-4H3,(H,30,31). The van der Waals surface area contributed by atoms with Crippen LogP contribution in [0.25, 0.3) is 22.2 Å². The molecule has 0 fully saturated rings. The van der Waals surface area contributed by atoms with Gasteiger partial charge in [0, 0.05) is 22.5 Å². The number of amides is 1. The number of hydrogen-bond donors (Lipinski definition) is 2. The summed E-state index contributed by atoms with van der Waals surface area (Å²) in [5.41, 5.74) is 6.82. The average Bonchev–Trinajstić information content (AvgIpc) is 3.21. The largest absolute Gasteiger partial charge is 0.355 e. The molecule has 31 heavy (non-hydrogen) atoms. The zero-order valence-electron chi connectivity index (χ0n) is 18.6. The van der Waals surface area contributed by atoms with E-state index in [4.69, 9.17) is 0 Å². The van der Waals surface area contributed by atoms with Crippen molar-refractivity contribution in [3.8, 4) is 11.3 Å². The quantitative estimate of drug-likeness (QED) is 0.360. The number of carbonyl (C=O) groups is 1. The molecule has 3 nitrogen and oxygen atoms in total. The molecule has 0 saturated carbocycles. The van der Waals surface area contributed by atoms with E-state index in [-0.39, 0.29) is 17.9 Å². The van der Waals surface area contributed by atoms with Crippen LogP contribution >= 0.6 is 0 Å². The monoisotopic (exact) mass is 410 g/mol. The zero-order valence-corrected chi connectivity index (χ0v) is 18.6. The van der Waals surface area contributed by atoms with E-state index in [0.29, 0.717) is 5.92 Å². The summed E-state index contributed by atoms with van der Waals surface area (Å²) in [6.07, 6.45) is 0. The smallest absolute Gasteiger partial charge is 0.223 e. The van der Waals surface area contributed by atoms with Gasteiger partial charge in [-0.15, -0.1) is 0 Å². The van der Waals surface area contributed by atoms with Crippen LogP contribution in [0.4, 0.5) is 0 Å².